The van der Waals surface area contributed by atoms with Crippen molar-refractivity contribution in [2.24, 2.45) is 0 Å². The summed E-state index contributed by atoms with van der Waals surface area (Å²) in [7, 11) is 6.71. The third kappa shape index (κ3) is 1.94. The zero-order valence-corrected chi connectivity index (χ0v) is 8.20. The Bertz CT molecular complexity index is 246. The monoisotopic (exact) mass is 179 g/mol. The summed E-state index contributed by atoms with van der Waals surface area (Å²) in [6, 6.07) is 7.81. The lowest BCUT2D eigenvalue weighted by Gasteiger charge is -2.15. The Morgan fingerprint density at radius 1 is 1.17 bits per heavy atom. The maximum absolute atomic E-state index is 5.11. The van der Waals surface area contributed by atoms with Crippen LogP contribution in [0.1, 0.15) is 11.9 Å². The summed E-state index contributed by atoms with van der Waals surface area (Å²) in [6.45, 7) is 0. The van der Waals surface area contributed by atoms with E-state index in [1.165, 1.54) is 0 Å². The van der Waals surface area contributed by atoms with E-state index < -0.39 is 0 Å². The summed E-state index contributed by atoms with van der Waals surface area (Å²) in [4.78, 5) is 0. The molecule has 0 unspecified atom stereocenters. The summed E-state index contributed by atoms with van der Waals surface area (Å²) in [6.07, 6.45) is -0.293. The van der Waals surface area contributed by atoms with Gasteiger partial charge in [0, 0.05) is 19.8 Å². The van der Waals surface area contributed by atoms with E-state index in [-0.39, 0.29) is 6.29 Å². The predicted molar refractivity (Wildman–Crippen MR) is 48.6 cm³/mol. The molecular weight excluding hydrogens is 168 g/mol. The summed E-state index contributed by atoms with van der Waals surface area (Å²) in [5.74, 6) is 0. The predicted octanol–water partition coefficient (Wildman–Crippen LogP) is 0.772. The van der Waals surface area contributed by atoms with E-state index in [1.54, 1.807) is 14.2 Å². The van der Waals surface area contributed by atoms with Crippen LogP contribution >= 0.6 is 0 Å². The highest BCUT2D eigenvalue weighted by molar-refractivity contribution is 6.33. The lowest BCUT2D eigenvalue weighted by atomic mass is 10.2. The van der Waals surface area contributed by atoms with Crippen molar-refractivity contribution in [2.75, 3.05) is 14.2 Å². The summed E-state index contributed by atoms with van der Waals surface area (Å²) < 4.78 is 10.2. The average Bonchev–Trinajstić information content (AvgIpc) is 2.10. The molecule has 0 saturated carbocycles. The van der Waals surface area contributed by atoms with Crippen molar-refractivity contribution in [3.05, 3.63) is 29.8 Å². The molecule has 3 heteroatoms. The van der Waals surface area contributed by atoms with E-state index in [9.17, 15) is 0 Å². The lowest BCUT2D eigenvalue weighted by Crippen LogP contribution is -2.16. The first-order chi connectivity index (χ1) is 5.79. The summed E-state index contributed by atoms with van der Waals surface area (Å²) in [5.41, 5.74) is 0.999. The van der Waals surface area contributed by atoms with Crippen LogP contribution in [0, 0.1) is 0 Å². The van der Waals surface area contributed by atoms with E-state index >= 15 is 0 Å². The molecule has 0 fully saturated rings. The molecule has 2 nitrogen and oxygen atoms in total. The average molecular weight is 179 g/mol. The van der Waals surface area contributed by atoms with Crippen molar-refractivity contribution in [1.29, 1.82) is 0 Å². The molecule has 0 bridgehead atoms. The molecule has 0 amide bonds. The fourth-order valence-corrected chi connectivity index (χ4v) is 1.35. The normalized spacial score (nSPS) is 10.7. The van der Waals surface area contributed by atoms with E-state index in [4.69, 9.17) is 9.47 Å². The second-order valence-corrected chi connectivity index (χ2v) is 2.93. The van der Waals surface area contributed by atoms with Crippen LogP contribution in [0.2, 0.25) is 0 Å². The quantitative estimate of drug-likeness (QED) is 0.504. The molecule has 0 aliphatic heterocycles. The number of hydrogen-bond donors (Lipinski definition) is 0. The summed E-state index contributed by atoms with van der Waals surface area (Å²) in [5, 5.41) is 0.992. The van der Waals surface area contributed by atoms with Crippen molar-refractivity contribution in [3.8, 4) is 0 Å². The molecule has 63 valence electrons. The minimum atomic E-state index is -0.293. The molecule has 1 aromatic carbocycles. The van der Waals surface area contributed by atoms with E-state index in [1.807, 2.05) is 24.3 Å². The first-order valence-corrected chi connectivity index (χ1v) is 4.15. The van der Waals surface area contributed by atoms with Crippen LogP contribution in [0.4, 0.5) is 0 Å². The van der Waals surface area contributed by atoms with Gasteiger partial charge in [-0.2, -0.15) is 0 Å². The van der Waals surface area contributed by atoms with Gasteiger partial charge in [-0.3, -0.25) is 0 Å². The molecule has 0 saturated heterocycles. The molecule has 0 heterocycles. The minimum Gasteiger partial charge on any atom is -0.352 e. The molecule has 0 atom stereocenters. The zero-order chi connectivity index (χ0) is 8.97. The van der Waals surface area contributed by atoms with Crippen molar-refractivity contribution in [2.45, 2.75) is 6.29 Å². The fraction of sp³-hybridized carbons (Fsp3) is 0.333. The van der Waals surface area contributed by atoms with Gasteiger partial charge in [-0.15, -0.1) is 0 Å². The fourth-order valence-electron chi connectivity index (χ4n) is 1.05. The van der Waals surface area contributed by atoms with Gasteiger partial charge in [-0.1, -0.05) is 29.5 Å². The Hall–Kier alpha value is -0.643. The molecule has 0 N–H and O–H groups in total. The molecule has 0 aliphatic carbocycles. The highest BCUT2D eigenvalue weighted by atomic mass is 28.1. The zero-order valence-electron chi connectivity index (χ0n) is 7.20. The SMILES string of the molecule is COC(OC)c1ccccc1[Si]. The van der Waals surface area contributed by atoms with Gasteiger partial charge < -0.3 is 9.47 Å². The maximum Gasteiger partial charge on any atom is 0.182 e. The number of rotatable bonds is 3. The van der Waals surface area contributed by atoms with Crippen molar-refractivity contribution >= 4 is 15.4 Å². The van der Waals surface area contributed by atoms with Crippen LogP contribution in [0.25, 0.3) is 0 Å². The van der Waals surface area contributed by atoms with E-state index in [0.717, 1.165) is 10.8 Å². The van der Waals surface area contributed by atoms with Gasteiger partial charge in [0.25, 0.3) is 0 Å². The number of methoxy groups -OCH3 is 2. The Balaban J connectivity index is 2.92. The summed E-state index contributed by atoms with van der Waals surface area (Å²) >= 11 is 0. The molecule has 1 aromatic rings. The second-order valence-electron chi connectivity index (χ2n) is 2.39. The second kappa shape index (κ2) is 4.40. The van der Waals surface area contributed by atoms with Gasteiger partial charge in [-0.25, -0.2) is 0 Å². The van der Waals surface area contributed by atoms with Gasteiger partial charge in [0.1, 0.15) is 0 Å². The van der Waals surface area contributed by atoms with Crippen LogP contribution in [-0.4, -0.2) is 24.5 Å². The first kappa shape index (κ1) is 9.44. The molecular formula is C9H11O2Si. The number of ether oxygens (including phenoxy) is 2. The van der Waals surface area contributed by atoms with Gasteiger partial charge in [-0.05, 0) is 0 Å². The third-order valence-corrected chi connectivity index (χ3v) is 2.10. The third-order valence-electron chi connectivity index (χ3n) is 1.64. The van der Waals surface area contributed by atoms with Gasteiger partial charge in [0.2, 0.25) is 0 Å². The highest BCUT2D eigenvalue weighted by Crippen LogP contribution is 2.13. The van der Waals surface area contributed by atoms with Crippen LogP contribution in [0.5, 0.6) is 0 Å². The van der Waals surface area contributed by atoms with Crippen LogP contribution in [0.3, 0.4) is 0 Å². The molecule has 12 heavy (non-hydrogen) atoms. The molecule has 3 radical (unpaired) electrons. The molecule has 0 aliphatic rings. The first-order valence-electron chi connectivity index (χ1n) is 3.65. The molecule has 0 spiro atoms. The van der Waals surface area contributed by atoms with Crippen LogP contribution in [0.15, 0.2) is 24.3 Å². The number of hydrogen-bond acceptors (Lipinski definition) is 2. The lowest BCUT2D eigenvalue weighted by molar-refractivity contribution is -0.105. The van der Waals surface area contributed by atoms with Crippen molar-refractivity contribution in [3.63, 3.8) is 0 Å². The van der Waals surface area contributed by atoms with Crippen LogP contribution < -0.4 is 5.19 Å². The van der Waals surface area contributed by atoms with Gasteiger partial charge >= 0.3 is 0 Å². The Labute approximate surface area is 75.9 Å². The van der Waals surface area contributed by atoms with Crippen molar-refractivity contribution in [1.82, 2.24) is 0 Å². The van der Waals surface area contributed by atoms with E-state index in [2.05, 4.69) is 10.2 Å². The standard InChI is InChI=1S/C9H11O2Si/c1-10-9(11-2)7-5-3-4-6-8(7)12/h3-6,9H,1-2H3. The maximum atomic E-state index is 5.11. The molecule has 1 rings (SSSR count). The topological polar surface area (TPSA) is 18.5 Å². The number of benzene rings is 1. The Kier molecular flexibility index (Phi) is 3.46. The van der Waals surface area contributed by atoms with Crippen LogP contribution in [-0.2, 0) is 9.47 Å². The van der Waals surface area contributed by atoms with E-state index in [0.29, 0.717) is 0 Å². The smallest absolute Gasteiger partial charge is 0.182 e. The highest BCUT2D eigenvalue weighted by Gasteiger charge is 2.09. The van der Waals surface area contributed by atoms with Gasteiger partial charge in [0.05, 0.1) is 10.2 Å². The largest absolute Gasteiger partial charge is 0.352 e. The molecule has 0 aromatic heterocycles. The Morgan fingerprint density at radius 3 is 2.25 bits per heavy atom. The van der Waals surface area contributed by atoms with Gasteiger partial charge in [0.15, 0.2) is 6.29 Å². The van der Waals surface area contributed by atoms with Crippen molar-refractivity contribution < 1.29 is 9.47 Å². The minimum absolute atomic E-state index is 0.293. The Morgan fingerprint density at radius 2 is 1.75 bits per heavy atom.